The van der Waals surface area contributed by atoms with Crippen molar-refractivity contribution in [2.24, 2.45) is 7.05 Å². The normalized spacial score (nSPS) is 16.3. The van der Waals surface area contributed by atoms with Crippen LogP contribution in [0.5, 0.6) is 0 Å². The fourth-order valence-corrected chi connectivity index (χ4v) is 3.03. The first-order chi connectivity index (χ1) is 11.2. The molecule has 0 saturated carbocycles. The lowest BCUT2D eigenvalue weighted by Crippen LogP contribution is -2.46. The van der Waals surface area contributed by atoms with Crippen molar-refractivity contribution in [1.82, 2.24) is 29.8 Å². The summed E-state index contributed by atoms with van der Waals surface area (Å²) in [6.45, 7) is 6.53. The molecule has 1 saturated heterocycles. The Hall–Kier alpha value is -2.48. The molecule has 8 nitrogen and oxygen atoms in total. The number of hydrogen-bond donors (Lipinski definition) is 0. The van der Waals surface area contributed by atoms with Crippen LogP contribution in [-0.4, -0.2) is 56.0 Å². The van der Waals surface area contributed by atoms with E-state index in [1.54, 1.807) is 11.0 Å². The van der Waals surface area contributed by atoms with Crippen molar-refractivity contribution in [2.45, 2.75) is 13.5 Å². The van der Waals surface area contributed by atoms with Gasteiger partial charge >= 0.3 is 0 Å². The predicted molar refractivity (Wildman–Crippen MR) is 85.0 cm³/mol. The van der Waals surface area contributed by atoms with Crippen LogP contribution in [0.15, 0.2) is 23.1 Å². The van der Waals surface area contributed by atoms with E-state index in [0.717, 1.165) is 61.0 Å². The Labute approximate surface area is 133 Å². The van der Waals surface area contributed by atoms with Gasteiger partial charge in [0.25, 0.3) is 0 Å². The minimum atomic E-state index is 0.806. The van der Waals surface area contributed by atoms with Gasteiger partial charge in [0.2, 0.25) is 0 Å². The highest BCUT2D eigenvalue weighted by molar-refractivity contribution is 5.86. The van der Waals surface area contributed by atoms with Gasteiger partial charge in [0.15, 0.2) is 11.4 Å². The Morgan fingerprint density at radius 1 is 1.17 bits per heavy atom. The third-order valence-corrected chi connectivity index (χ3v) is 4.24. The average Bonchev–Trinajstić information content (AvgIpc) is 3.14. The molecule has 3 aromatic heterocycles. The maximum atomic E-state index is 5.30. The Bertz CT molecular complexity index is 816. The van der Waals surface area contributed by atoms with Gasteiger partial charge in [-0.2, -0.15) is 5.10 Å². The molecule has 4 rings (SSSR count). The molecule has 120 valence electrons. The molecule has 1 aliphatic heterocycles. The summed E-state index contributed by atoms with van der Waals surface area (Å²) >= 11 is 0. The molecule has 3 aromatic rings. The number of anilines is 1. The smallest absolute Gasteiger partial charge is 0.163 e. The molecule has 0 amide bonds. The first-order valence-corrected chi connectivity index (χ1v) is 7.73. The van der Waals surface area contributed by atoms with Crippen LogP contribution in [0.4, 0.5) is 5.82 Å². The molecule has 23 heavy (non-hydrogen) atoms. The van der Waals surface area contributed by atoms with Crippen LogP contribution in [0, 0.1) is 6.92 Å². The van der Waals surface area contributed by atoms with E-state index in [1.807, 2.05) is 26.2 Å². The summed E-state index contributed by atoms with van der Waals surface area (Å²) in [5.74, 6) is 1.89. The standard InChI is InChI=1S/C15H19N7O/c1-11-7-12(23-19-11)9-21-3-5-22(6-4-21)15-13-8-18-20(2)14(13)16-10-17-15/h7-8,10H,3-6,9H2,1-2H3. The van der Waals surface area contributed by atoms with Crippen LogP contribution >= 0.6 is 0 Å². The molecule has 1 fully saturated rings. The van der Waals surface area contributed by atoms with Gasteiger partial charge in [-0.05, 0) is 6.92 Å². The van der Waals surface area contributed by atoms with Crippen LogP contribution in [0.2, 0.25) is 0 Å². The van der Waals surface area contributed by atoms with Crippen molar-refractivity contribution in [3.8, 4) is 0 Å². The van der Waals surface area contributed by atoms with Crippen LogP contribution in [0.3, 0.4) is 0 Å². The van der Waals surface area contributed by atoms with E-state index in [0.29, 0.717) is 0 Å². The summed E-state index contributed by atoms with van der Waals surface area (Å²) < 4.78 is 7.08. The lowest BCUT2D eigenvalue weighted by Gasteiger charge is -2.34. The molecule has 0 aromatic carbocycles. The summed E-state index contributed by atoms with van der Waals surface area (Å²) in [6.07, 6.45) is 3.46. The molecule has 4 heterocycles. The average molecular weight is 313 g/mol. The SMILES string of the molecule is Cc1cc(CN2CCN(c3ncnc4c3cnn4C)CC2)on1. The molecular weight excluding hydrogens is 294 g/mol. The number of hydrogen-bond acceptors (Lipinski definition) is 7. The highest BCUT2D eigenvalue weighted by Crippen LogP contribution is 2.23. The molecule has 0 atom stereocenters. The van der Waals surface area contributed by atoms with Gasteiger partial charge in [-0.15, -0.1) is 0 Å². The second-order valence-corrected chi connectivity index (χ2v) is 5.90. The zero-order valence-electron chi connectivity index (χ0n) is 13.3. The van der Waals surface area contributed by atoms with Crippen LogP contribution in [-0.2, 0) is 13.6 Å². The van der Waals surface area contributed by atoms with E-state index in [9.17, 15) is 0 Å². The molecule has 0 aliphatic carbocycles. The van der Waals surface area contributed by atoms with Crippen molar-refractivity contribution < 1.29 is 4.52 Å². The number of rotatable bonds is 3. The molecule has 0 N–H and O–H groups in total. The topological polar surface area (TPSA) is 76.1 Å². The Morgan fingerprint density at radius 3 is 2.74 bits per heavy atom. The van der Waals surface area contributed by atoms with Crippen molar-refractivity contribution in [3.05, 3.63) is 30.0 Å². The fraction of sp³-hybridized carbons (Fsp3) is 0.467. The lowest BCUT2D eigenvalue weighted by molar-refractivity contribution is 0.219. The van der Waals surface area contributed by atoms with E-state index in [4.69, 9.17) is 4.52 Å². The zero-order chi connectivity index (χ0) is 15.8. The van der Waals surface area contributed by atoms with E-state index in [2.05, 4.69) is 30.0 Å². The number of nitrogens with zero attached hydrogens (tertiary/aromatic N) is 7. The number of fused-ring (bicyclic) bond motifs is 1. The molecule has 0 unspecified atom stereocenters. The van der Waals surface area contributed by atoms with E-state index in [1.165, 1.54) is 0 Å². The van der Waals surface area contributed by atoms with Crippen molar-refractivity contribution in [3.63, 3.8) is 0 Å². The Balaban J connectivity index is 1.46. The summed E-state index contributed by atoms with van der Waals surface area (Å²) in [6, 6.07) is 2.00. The van der Waals surface area contributed by atoms with E-state index in [-0.39, 0.29) is 0 Å². The molecular formula is C15H19N7O. The summed E-state index contributed by atoms with van der Waals surface area (Å²) in [5, 5.41) is 9.23. The highest BCUT2D eigenvalue weighted by atomic mass is 16.5. The highest BCUT2D eigenvalue weighted by Gasteiger charge is 2.21. The van der Waals surface area contributed by atoms with Crippen LogP contribution < -0.4 is 4.90 Å². The number of aromatic nitrogens is 5. The third-order valence-electron chi connectivity index (χ3n) is 4.24. The third kappa shape index (κ3) is 2.65. The summed E-state index contributed by atoms with van der Waals surface area (Å²) in [4.78, 5) is 13.4. The quantitative estimate of drug-likeness (QED) is 0.713. The van der Waals surface area contributed by atoms with Gasteiger partial charge in [-0.1, -0.05) is 5.16 Å². The molecule has 0 radical (unpaired) electrons. The molecule has 0 bridgehead atoms. The Morgan fingerprint density at radius 2 is 2.00 bits per heavy atom. The monoisotopic (exact) mass is 313 g/mol. The predicted octanol–water partition coefficient (Wildman–Crippen LogP) is 0.982. The first-order valence-electron chi connectivity index (χ1n) is 7.73. The molecule has 0 spiro atoms. The summed E-state index contributed by atoms with van der Waals surface area (Å²) in [7, 11) is 1.90. The minimum absolute atomic E-state index is 0.806. The second-order valence-electron chi connectivity index (χ2n) is 5.90. The minimum Gasteiger partial charge on any atom is -0.360 e. The van der Waals surface area contributed by atoms with Gasteiger partial charge in [0.1, 0.15) is 12.1 Å². The zero-order valence-corrected chi connectivity index (χ0v) is 13.3. The van der Waals surface area contributed by atoms with E-state index >= 15 is 0 Å². The van der Waals surface area contributed by atoms with Gasteiger partial charge in [-0.3, -0.25) is 9.58 Å². The molecule has 1 aliphatic rings. The van der Waals surface area contributed by atoms with Gasteiger partial charge in [0.05, 0.1) is 23.8 Å². The van der Waals surface area contributed by atoms with Crippen molar-refractivity contribution >= 4 is 16.9 Å². The largest absolute Gasteiger partial charge is 0.360 e. The lowest BCUT2D eigenvalue weighted by atomic mass is 10.2. The maximum Gasteiger partial charge on any atom is 0.163 e. The van der Waals surface area contributed by atoms with Crippen LogP contribution in [0.25, 0.3) is 11.0 Å². The Kier molecular flexibility index (Phi) is 3.45. The van der Waals surface area contributed by atoms with Gasteiger partial charge in [0, 0.05) is 39.3 Å². The summed E-state index contributed by atoms with van der Waals surface area (Å²) in [5.41, 5.74) is 1.80. The van der Waals surface area contributed by atoms with E-state index < -0.39 is 0 Å². The molecule has 8 heteroatoms. The maximum absolute atomic E-state index is 5.30. The fourth-order valence-electron chi connectivity index (χ4n) is 3.03. The number of aryl methyl sites for hydroxylation is 2. The number of piperazine rings is 1. The van der Waals surface area contributed by atoms with Gasteiger partial charge < -0.3 is 9.42 Å². The second kappa shape index (κ2) is 5.62. The van der Waals surface area contributed by atoms with Crippen molar-refractivity contribution in [1.29, 1.82) is 0 Å². The first kappa shape index (κ1) is 14.1. The van der Waals surface area contributed by atoms with Crippen LogP contribution in [0.1, 0.15) is 11.5 Å². The van der Waals surface area contributed by atoms with Crippen molar-refractivity contribution in [2.75, 3.05) is 31.1 Å². The van der Waals surface area contributed by atoms with Gasteiger partial charge in [-0.25, -0.2) is 9.97 Å².